The largest absolute Gasteiger partial charge is 0.393 e. The molecule has 2 nitrogen and oxygen atoms in total. The van der Waals surface area contributed by atoms with Gasteiger partial charge in [-0.05, 0) is 57.0 Å². The second-order valence-electron chi connectivity index (χ2n) is 5.99. The lowest BCUT2D eigenvalue weighted by Gasteiger charge is -2.27. The molecule has 0 aromatic heterocycles. The number of aliphatic hydroxyl groups is 1. The first-order chi connectivity index (χ1) is 7.58. The van der Waals surface area contributed by atoms with E-state index in [1.54, 1.807) is 0 Å². The summed E-state index contributed by atoms with van der Waals surface area (Å²) in [6.45, 7) is 8.69. The molecule has 0 radical (unpaired) electrons. The maximum atomic E-state index is 9.28. The number of hydrogen-bond donors (Lipinski definition) is 2. The zero-order valence-electron chi connectivity index (χ0n) is 11.2. The normalized spacial score (nSPS) is 30.0. The van der Waals surface area contributed by atoms with Crippen LogP contribution < -0.4 is 5.32 Å². The molecule has 2 N–H and O–H groups in total. The third-order valence-corrected chi connectivity index (χ3v) is 3.71. The highest BCUT2D eigenvalue weighted by atomic mass is 16.3. The van der Waals surface area contributed by atoms with Gasteiger partial charge in [0.1, 0.15) is 0 Å². The third kappa shape index (κ3) is 5.86. The van der Waals surface area contributed by atoms with Gasteiger partial charge < -0.3 is 10.4 Å². The average Bonchev–Trinajstić information content (AvgIpc) is 2.16. The Morgan fingerprint density at radius 2 is 2.06 bits per heavy atom. The lowest BCUT2D eigenvalue weighted by Crippen LogP contribution is -2.30. The van der Waals surface area contributed by atoms with E-state index >= 15 is 0 Å². The Kier molecular flexibility index (Phi) is 6.37. The molecule has 1 fully saturated rings. The molecule has 96 valence electrons. The molecule has 0 amide bonds. The molecular formula is C14H29NO. The number of aliphatic hydroxyl groups excluding tert-OH is 1. The minimum Gasteiger partial charge on any atom is -0.393 e. The van der Waals surface area contributed by atoms with Crippen molar-refractivity contribution in [1.29, 1.82) is 0 Å². The molecule has 0 bridgehead atoms. The summed E-state index contributed by atoms with van der Waals surface area (Å²) in [5, 5.41) is 12.8. The summed E-state index contributed by atoms with van der Waals surface area (Å²) in [4.78, 5) is 0. The van der Waals surface area contributed by atoms with E-state index in [2.05, 4.69) is 19.2 Å². The topological polar surface area (TPSA) is 32.3 Å². The predicted octanol–water partition coefficient (Wildman–Crippen LogP) is 2.81. The van der Waals surface area contributed by atoms with Gasteiger partial charge in [-0.1, -0.05) is 26.7 Å². The summed E-state index contributed by atoms with van der Waals surface area (Å²) >= 11 is 0. The van der Waals surface area contributed by atoms with Crippen LogP contribution in [0.4, 0.5) is 0 Å². The molecule has 0 unspecified atom stereocenters. The van der Waals surface area contributed by atoms with Crippen molar-refractivity contribution >= 4 is 0 Å². The Morgan fingerprint density at radius 3 is 2.69 bits per heavy atom. The fourth-order valence-corrected chi connectivity index (χ4v) is 2.94. The lowest BCUT2D eigenvalue weighted by molar-refractivity contribution is 0.162. The maximum Gasteiger partial charge on any atom is 0.0515 e. The maximum absolute atomic E-state index is 9.28. The first-order valence-corrected chi connectivity index (χ1v) is 6.96. The number of hydrogen-bond acceptors (Lipinski definition) is 2. The van der Waals surface area contributed by atoms with Crippen molar-refractivity contribution in [3.63, 3.8) is 0 Å². The summed E-state index contributed by atoms with van der Waals surface area (Å²) in [7, 11) is 0. The van der Waals surface area contributed by atoms with E-state index in [1.165, 1.54) is 32.2 Å². The van der Waals surface area contributed by atoms with Crippen LogP contribution in [0.5, 0.6) is 0 Å². The fraction of sp³-hybridized carbons (Fsp3) is 1.00. The van der Waals surface area contributed by atoms with E-state index < -0.39 is 0 Å². The molecule has 0 saturated heterocycles. The van der Waals surface area contributed by atoms with Crippen molar-refractivity contribution in [3.05, 3.63) is 0 Å². The summed E-state index contributed by atoms with van der Waals surface area (Å²) in [6.07, 6.45) is 6.39. The van der Waals surface area contributed by atoms with E-state index in [9.17, 15) is 5.11 Å². The molecule has 4 atom stereocenters. The van der Waals surface area contributed by atoms with E-state index in [4.69, 9.17) is 0 Å². The van der Waals surface area contributed by atoms with Crippen LogP contribution in [0.15, 0.2) is 0 Å². The molecule has 0 heterocycles. The summed E-state index contributed by atoms with van der Waals surface area (Å²) < 4.78 is 0. The van der Waals surface area contributed by atoms with Crippen LogP contribution in [0, 0.1) is 17.8 Å². The van der Waals surface area contributed by atoms with Crippen LogP contribution in [0.3, 0.4) is 0 Å². The Labute approximate surface area is 101 Å². The molecule has 2 heteroatoms. The van der Waals surface area contributed by atoms with Gasteiger partial charge in [-0.2, -0.15) is 0 Å². The van der Waals surface area contributed by atoms with Gasteiger partial charge >= 0.3 is 0 Å². The Hall–Kier alpha value is -0.0800. The molecule has 16 heavy (non-hydrogen) atoms. The highest BCUT2D eigenvalue weighted by molar-refractivity contribution is 4.72. The zero-order valence-corrected chi connectivity index (χ0v) is 11.2. The van der Waals surface area contributed by atoms with Crippen molar-refractivity contribution in [2.75, 3.05) is 13.1 Å². The molecule has 0 aromatic carbocycles. The zero-order chi connectivity index (χ0) is 12.0. The molecule has 0 aromatic rings. The van der Waals surface area contributed by atoms with Gasteiger partial charge in [-0.3, -0.25) is 0 Å². The molecule has 0 aliphatic heterocycles. The first kappa shape index (κ1) is 14.0. The second-order valence-corrected chi connectivity index (χ2v) is 5.99. The van der Waals surface area contributed by atoms with Gasteiger partial charge in [0, 0.05) is 0 Å². The molecule has 1 saturated carbocycles. The van der Waals surface area contributed by atoms with E-state index in [-0.39, 0.29) is 6.10 Å². The monoisotopic (exact) mass is 227 g/mol. The van der Waals surface area contributed by atoms with Gasteiger partial charge in [0.15, 0.2) is 0 Å². The van der Waals surface area contributed by atoms with Gasteiger partial charge in [-0.25, -0.2) is 0 Å². The van der Waals surface area contributed by atoms with Crippen LogP contribution >= 0.6 is 0 Å². The predicted molar refractivity (Wildman–Crippen MR) is 69.5 cm³/mol. The number of nitrogens with one attached hydrogen (secondary N) is 1. The average molecular weight is 227 g/mol. The van der Waals surface area contributed by atoms with Crippen LogP contribution in [-0.2, 0) is 0 Å². The number of rotatable bonds is 6. The van der Waals surface area contributed by atoms with Crippen LogP contribution in [0.2, 0.25) is 0 Å². The van der Waals surface area contributed by atoms with Crippen LogP contribution in [-0.4, -0.2) is 24.3 Å². The molecule has 0 spiro atoms. The van der Waals surface area contributed by atoms with Crippen molar-refractivity contribution in [1.82, 2.24) is 5.32 Å². The fourth-order valence-electron chi connectivity index (χ4n) is 2.94. The molecule has 1 aliphatic rings. The van der Waals surface area contributed by atoms with Crippen molar-refractivity contribution in [3.8, 4) is 0 Å². The summed E-state index contributed by atoms with van der Waals surface area (Å²) in [5.41, 5.74) is 0. The van der Waals surface area contributed by atoms with E-state index in [0.717, 1.165) is 24.8 Å². The van der Waals surface area contributed by atoms with Gasteiger partial charge in [0.25, 0.3) is 0 Å². The minimum absolute atomic E-state index is 0.161. The van der Waals surface area contributed by atoms with Crippen molar-refractivity contribution in [2.24, 2.45) is 17.8 Å². The third-order valence-electron chi connectivity index (χ3n) is 3.71. The molecule has 1 rings (SSSR count). The highest BCUT2D eigenvalue weighted by Crippen LogP contribution is 2.27. The molecular weight excluding hydrogens is 198 g/mol. The smallest absolute Gasteiger partial charge is 0.0515 e. The van der Waals surface area contributed by atoms with Crippen molar-refractivity contribution < 1.29 is 5.11 Å². The Bertz CT molecular complexity index is 182. The first-order valence-electron chi connectivity index (χ1n) is 6.96. The Balaban J connectivity index is 2.05. The van der Waals surface area contributed by atoms with Crippen LogP contribution in [0.25, 0.3) is 0 Å². The Morgan fingerprint density at radius 1 is 1.31 bits per heavy atom. The summed E-state index contributed by atoms with van der Waals surface area (Å²) in [5.74, 6) is 2.40. The standard InChI is InChI=1S/C14H29NO/c1-11-5-4-6-14(8-11)10-15-9-12(2)7-13(3)16/h11-16H,4-10H2,1-3H3/t11-,12-,13-,14-/m1/s1. The quantitative estimate of drug-likeness (QED) is 0.731. The highest BCUT2D eigenvalue weighted by Gasteiger charge is 2.18. The van der Waals surface area contributed by atoms with E-state index in [1.807, 2.05) is 6.92 Å². The minimum atomic E-state index is -0.161. The van der Waals surface area contributed by atoms with E-state index in [0.29, 0.717) is 5.92 Å². The van der Waals surface area contributed by atoms with Crippen molar-refractivity contribution in [2.45, 2.75) is 59.0 Å². The van der Waals surface area contributed by atoms with Crippen LogP contribution in [0.1, 0.15) is 52.9 Å². The summed E-state index contributed by atoms with van der Waals surface area (Å²) in [6, 6.07) is 0. The van der Waals surface area contributed by atoms with Gasteiger partial charge in [-0.15, -0.1) is 0 Å². The SMILES string of the molecule is C[C@@H]1CCC[C@@H](CNC[C@H](C)C[C@@H](C)O)C1. The van der Waals surface area contributed by atoms with Gasteiger partial charge in [0.05, 0.1) is 6.10 Å². The van der Waals surface area contributed by atoms with Gasteiger partial charge in [0.2, 0.25) is 0 Å². The lowest BCUT2D eigenvalue weighted by atomic mass is 9.82. The molecule has 1 aliphatic carbocycles. The second kappa shape index (κ2) is 7.29.